The molecule has 1 fully saturated rings. The van der Waals surface area contributed by atoms with Crippen LogP contribution in [-0.4, -0.2) is 40.7 Å². The summed E-state index contributed by atoms with van der Waals surface area (Å²) in [5.41, 5.74) is 0.804. The molecule has 2 rings (SSSR count). The van der Waals surface area contributed by atoms with E-state index in [1.54, 1.807) is 0 Å². The predicted molar refractivity (Wildman–Crippen MR) is 81.9 cm³/mol. The lowest BCUT2D eigenvalue weighted by Crippen LogP contribution is -2.48. The lowest BCUT2D eigenvalue weighted by atomic mass is 10.1. The molecule has 0 radical (unpaired) electrons. The number of piperidine rings is 1. The highest BCUT2D eigenvalue weighted by Gasteiger charge is 2.24. The molecule has 1 atom stereocenters. The molecular formula is C16H25N3O2. The third-order valence-electron chi connectivity index (χ3n) is 3.38. The van der Waals surface area contributed by atoms with E-state index in [1.165, 1.54) is 5.56 Å². The van der Waals surface area contributed by atoms with Gasteiger partial charge in [-0.15, -0.1) is 0 Å². The summed E-state index contributed by atoms with van der Waals surface area (Å²) < 4.78 is 5.32. The zero-order valence-electron chi connectivity index (χ0n) is 13.1. The molecular weight excluding hydrogens is 266 g/mol. The summed E-state index contributed by atoms with van der Waals surface area (Å²) in [6.07, 6.45) is 5.40. The molecule has 1 aliphatic rings. The van der Waals surface area contributed by atoms with Crippen molar-refractivity contribution in [3.63, 3.8) is 0 Å². The highest BCUT2D eigenvalue weighted by atomic mass is 16.6. The normalized spacial score (nSPS) is 20.0. The Morgan fingerprint density at radius 1 is 1.43 bits per heavy atom. The molecule has 1 aromatic rings. The van der Waals surface area contributed by atoms with Crippen molar-refractivity contribution in [3.05, 3.63) is 30.1 Å². The largest absolute Gasteiger partial charge is 0.444 e. The van der Waals surface area contributed by atoms with Crippen LogP contribution in [0.1, 0.15) is 39.2 Å². The lowest BCUT2D eigenvalue weighted by molar-refractivity contribution is 0.0470. The predicted octanol–water partition coefficient (Wildman–Crippen LogP) is 2.57. The molecule has 5 nitrogen and oxygen atoms in total. The number of hydrogen-bond donors (Lipinski definition) is 1. The smallest absolute Gasteiger partial charge is 0.407 e. The van der Waals surface area contributed by atoms with E-state index >= 15 is 0 Å². The molecule has 1 aromatic heterocycles. The van der Waals surface area contributed by atoms with Crippen molar-refractivity contribution in [1.82, 2.24) is 15.2 Å². The molecule has 0 bridgehead atoms. The van der Waals surface area contributed by atoms with Crippen molar-refractivity contribution in [2.45, 2.75) is 51.8 Å². The highest BCUT2D eigenvalue weighted by Crippen LogP contribution is 2.14. The van der Waals surface area contributed by atoms with E-state index in [2.05, 4.69) is 15.2 Å². The first kappa shape index (κ1) is 15.8. The van der Waals surface area contributed by atoms with Gasteiger partial charge in [0.1, 0.15) is 5.60 Å². The molecule has 1 amide bonds. The maximum absolute atomic E-state index is 11.8. The number of hydrogen-bond acceptors (Lipinski definition) is 4. The van der Waals surface area contributed by atoms with Gasteiger partial charge in [0.25, 0.3) is 0 Å². The first-order valence-corrected chi connectivity index (χ1v) is 7.53. The number of carbonyl (C=O) groups excluding carboxylic acids is 1. The molecule has 5 heteroatoms. The fourth-order valence-corrected chi connectivity index (χ4v) is 2.54. The van der Waals surface area contributed by atoms with Crippen molar-refractivity contribution < 1.29 is 9.53 Å². The third-order valence-corrected chi connectivity index (χ3v) is 3.38. The van der Waals surface area contributed by atoms with Crippen molar-refractivity contribution in [2.24, 2.45) is 0 Å². The van der Waals surface area contributed by atoms with Gasteiger partial charge in [0, 0.05) is 31.5 Å². The number of aromatic nitrogens is 1. The van der Waals surface area contributed by atoms with E-state index in [9.17, 15) is 4.79 Å². The van der Waals surface area contributed by atoms with Crippen LogP contribution in [0, 0.1) is 0 Å². The first-order valence-electron chi connectivity index (χ1n) is 7.53. The van der Waals surface area contributed by atoms with E-state index in [0.29, 0.717) is 0 Å². The van der Waals surface area contributed by atoms with Gasteiger partial charge in [-0.25, -0.2) is 4.79 Å². The summed E-state index contributed by atoms with van der Waals surface area (Å²) in [6, 6.07) is 4.23. The number of ether oxygens (including phenoxy) is 1. The van der Waals surface area contributed by atoms with Crippen LogP contribution in [0.3, 0.4) is 0 Å². The van der Waals surface area contributed by atoms with Gasteiger partial charge in [-0.2, -0.15) is 0 Å². The van der Waals surface area contributed by atoms with Crippen LogP contribution in [0.4, 0.5) is 4.79 Å². The summed E-state index contributed by atoms with van der Waals surface area (Å²) in [6.45, 7) is 8.46. The number of pyridine rings is 1. The maximum Gasteiger partial charge on any atom is 0.407 e. The topological polar surface area (TPSA) is 54.5 Å². The SMILES string of the molecule is CC(C)(C)OC(=O)N[C@@H]1CCCN(Cc2ccncc2)C1. The van der Waals surface area contributed by atoms with Crippen LogP contribution in [0.15, 0.2) is 24.5 Å². The molecule has 0 aliphatic carbocycles. The number of nitrogens with one attached hydrogen (secondary N) is 1. The number of rotatable bonds is 3. The number of nitrogens with zero attached hydrogens (tertiary/aromatic N) is 2. The van der Waals surface area contributed by atoms with Gasteiger partial charge in [0.2, 0.25) is 0 Å². The summed E-state index contributed by atoms with van der Waals surface area (Å²) in [4.78, 5) is 18.2. The number of likely N-dealkylation sites (tertiary alicyclic amines) is 1. The van der Waals surface area contributed by atoms with Crippen molar-refractivity contribution in [3.8, 4) is 0 Å². The van der Waals surface area contributed by atoms with Crippen molar-refractivity contribution in [1.29, 1.82) is 0 Å². The molecule has 116 valence electrons. The minimum Gasteiger partial charge on any atom is -0.444 e. The van der Waals surface area contributed by atoms with E-state index < -0.39 is 5.60 Å². The number of alkyl carbamates (subject to hydrolysis) is 1. The second kappa shape index (κ2) is 6.89. The number of amides is 1. The number of carbonyl (C=O) groups is 1. The minimum atomic E-state index is -0.449. The summed E-state index contributed by atoms with van der Waals surface area (Å²) in [5.74, 6) is 0. The molecule has 0 saturated carbocycles. The summed E-state index contributed by atoms with van der Waals surface area (Å²) >= 11 is 0. The van der Waals surface area contributed by atoms with Crippen molar-refractivity contribution in [2.75, 3.05) is 13.1 Å². The minimum absolute atomic E-state index is 0.162. The molecule has 1 saturated heterocycles. The summed E-state index contributed by atoms with van der Waals surface area (Å²) in [5, 5.41) is 2.98. The van der Waals surface area contributed by atoms with Gasteiger partial charge in [0.05, 0.1) is 0 Å². The molecule has 0 unspecified atom stereocenters. The average Bonchev–Trinajstić information content (AvgIpc) is 2.38. The third kappa shape index (κ3) is 5.71. The Hall–Kier alpha value is -1.62. The van der Waals surface area contributed by atoms with Crippen LogP contribution in [0.5, 0.6) is 0 Å². The monoisotopic (exact) mass is 291 g/mol. The Morgan fingerprint density at radius 3 is 2.81 bits per heavy atom. The fraction of sp³-hybridized carbons (Fsp3) is 0.625. The van der Waals surface area contributed by atoms with Crippen molar-refractivity contribution >= 4 is 6.09 Å². The fourth-order valence-electron chi connectivity index (χ4n) is 2.54. The van der Waals surface area contributed by atoms with Crippen LogP contribution < -0.4 is 5.32 Å². The molecule has 1 aliphatic heterocycles. The van der Waals surface area contributed by atoms with Gasteiger partial charge < -0.3 is 10.1 Å². The Kier molecular flexibility index (Phi) is 5.17. The Labute approximate surface area is 126 Å². The molecule has 2 heterocycles. The van der Waals surface area contributed by atoms with Crippen LogP contribution in [0.2, 0.25) is 0 Å². The molecule has 1 N–H and O–H groups in total. The van der Waals surface area contributed by atoms with E-state index in [4.69, 9.17) is 4.74 Å². The van der Waals surface area contributed by atoms with E-state index in [1.807, 2.05) is 45.3 Å². The zero-order chi connectivity index (χ0) is 15.3. The zero-order valence-corrected chi connectivity index (χ0v) is 13.1. The van der Waals surface area contributed by atoms with Gasteiger partial charge in [-0.05, 0) is 57.9 Å². The Bertz CT molecular complexity index is 456. The summed E-state index contributed by atoms with van der Waals surface area (Å²) in [7, 11) is 0. The standard InChI is InChI=1S/C16H25N3O2/c1-16(2,3)21-15(20)18-14-5-4-10-19(12-14)11-13-6-8-17-9-7-13/h6-9,14H,4-5,10-12H2,1-3H3,(H,18,20)/t14-/m1/s1. The second-order valence-electron chi connectivity index (χ2n) is 6.58. The van der Waals surface area contributed by atoms with Crippen LogP contribution in [0.25, 0.3) is 0 Å². The maximum atomic E-state index is 11.8. The first-order chi connectivity index (χ1) is 9.92. The van der Waals surface area contributed by atoms with E-state index in [0.717, 1.165) is 32.5 Å². The van der Waals surface area contributed by atoms with Gasteiger partial charge >= 0.3 is 6.09 Å². The Balaban J connectivity index is 1.82. The van der Waals surface area contributed by atoms with E-state index in [-0.39, 0.29) is 12.1 Å². The lowest BCUT2D eigenvalue weighted by Gasteiger charge is -2.33. The molecule has 0 aromatic carbocycles. The average molecular weight is 291 g/mol. The highest BCUT2D eigenvalue weighted by molar-refractivity contribution is 5.68. The van der Waals surface area contributed by atoms with Crippen LogP contribution in [-0.2, 0) is 11.3 Å². The van der Waals surface area contributed by atoms with Gasteiger partial charge in [0.15, 0.2) is 0 Å². The van der Waals surface area contributed by atoms with Gasteiger partial charge in [-0.1, -0.05) is 0 Å². The quantitative estimate of drug-likeness (QED) is 0.930. The Morgan fingerprint density at radius 2 is 2.14 bits per heavy atom. The molecule has 21 heavy (non-hydrogen) atoms. The second-order valence-corrected chi connectivity index (χ2v) is 6.58. The van der Waals surface area contributed by atoms with Gasteiger partial charge in [-0.3, -0.25) is 9.88 Å². The molecule has 0 spiro atoms. The van der Waals surface area contributed by atoms with Crippen LogP contribution >= 0.6 is 0 Å².